The monoisotopic (exact) mass is 309 g/mol. The van der Waals surface area contributed by atoms with E-state index in [1.807, 2.05) is 6.07 Å². The first-order valence-corrected chi connectivity index (χ1v) is 9.40. The molecule has 2 N–H and O–H groups in total. The molecule has 21 heavy (non-hydrogen) atoms. The van der Waals surface area contributed by atoms with Crippen molar-refractivity contribution < 1.29 is 8.42 Å². The first-order chi connectivity index (χ1) is 9.95. The molecule has 1 saturated carbocycles. The Morgan fingerprint density at radius 1 is 1.19 bits per heavy atom. The van der Waals surface area contributed by atoms with Crippen molar-refractivity contribution in [1.82, 2.24) is 4.90 Å². The van der Waals surface area contributed by atoms with E-state index in [-0.39, 0.29) is 4.90 Å². The first kappa shape index (κ1) is 14.7. The van der Waals surface area contributed by atoms with E-state index in [1.54, 1.807) is 12.1 Å². The van der Waals surface area contributed by atoms with Crippen LogP contribution in [0.5, 0.6) is 0 Å². The van der Waals surface area contributed by atoms with Gasteiger partial charge in [-0.3, -0.25) is 4.90 Å². The Kier molecular flexibility index (Phi) is 3.84. The number of nitrogens with two attached hydrogens (primary N) is 1. The molecule has 6 heteroatoms. The van der Waals surface area contributed by atoms with Gasteiger partial charge in [0.15, 0.2) is 9.84 Å². The molecule has 1 aliphatic carbocycles. The van der Waals surface area contributed by atoms with Crippen LogP contribution >= 0.6 is 0 Å². The zero-order chi connectivity index (χ0) is 15.0. The molecule has 2 aliphatic rings. The second-order valence-electron chi connectivity index (χ2n) is 6.19. The van der Waals surface area contributed by atoms with Gasteiger partial charge < -0.3 is 10.6 Å². The number of rotatable bonds is 4. The summed E-state index contributed by atoms with van der Waals surface area (Å²) in [5.41, 5.74) is 7.33. The maximum absolute atomic E-state index is 11.8. The molecule has 0 atom stereocenters. The fourth-order valence-corrected chi connectivity index (χ4v) is 3.80. The van der Waals surface area contributed by atoms with Gasteiger partial charge in [-0.15, -0.1) is 0 Å². The average Bonchev–Trinajstić information content (AvgIpc) is 3.23. The molecule has 0 radical (unpaired) electrons. The number of piperazine rings is 1. The van der Waals surface area contributed by atoms with Crippen LogP contribution in [0.4, 0.5) is 11.4 Å². The number of nitrogen functional groups attached to an aromatic ring is 1. The van der Waals surface area contributed by atoms with E-state index in [9.17, 15) is 8.42 Å². The number of benzene rings is 1. The van der Waals surface area contributed by atoms with Crippen LogP contribution in [-0.4, -0.2) is 52.3 Å². The van der Waals surface area contributed by atoms with Gasteiger partial charge in [0.2, 0.25) is 0 Å². The van der Waals surface area contributed by atoms with E-state index in [4.69, 9.17) is 5.73 Å². The van der Waals surface area contributed by atoms with Gasteiger partial charge in [-0.05, 0) is 30.9 Å². The van der Waals surface area contributed by atoms with Gasteiger partial charge in [0.05, 0.1) is 16.3 Å². The van der Waals surface area contributed by atoms with Gasteiger partial charge in [-0.25, -0.2) is 8.42 Å². The zero-order valence-corrected chi connectivity index (χ0v) is 13.3. The van der Waals surface area contributed by atoms with Crippen molar-refractivity contribution in [3.63, 3.8) is 0 Å². The Hall–Kier alpha value is -1.27. The second kappa shape index (κ2) is 5.50. The number of hydrogen-bond donors (Lipinski definition) is 1. The lowest BCUT2D eigenvalue weighted by Gasteiger charge is -2.36. The van der Waals surface area contributed by atoms with Crippen LogP contribution < -0.4 is 10.6 Å². The van der Waals surface area contributed by atoms with Crippen molar-refractivity contribution in [2.45, 2.75) is 17.7 Å². The Bertz CT molecular complexity index is 618. The lowest BCUT2D eigenvalue weighted by atomic mass is 10.2. The summed E-state index contributed by atoms with van der Waals surface area (Å²) in [6.45, 7) is 5.08. The van der Waals surface area contributed by atoms with E-state index in [0.717, 1.165) is 37.8 Å². The highest BCUT2D eigenvalue weighted by Gasteiger charge is 2.27. The third-order valence-corrected chi connectivity index (χ3v) is 5.52. The van der Waals surface area contributed by atoms with Gasteiger partial charge in [-0.1, -0.05) is 6.07 Å². The molecular weight excluding hydrogens is 286 g/mol. The van der Waals surface area contributed by atoms with E-state index in [0.29, 0.717) is 5.69 Å². The molecule has 0 spiro atoms. The van der Waals surface area contributed by atoms with Crippen LogP contribution in [0.2, 0.25) is 0 Å². The second-order valence-corrected chi connectivity index (χ2v) is 8.18. The van der Waals surface area contributed by atoms with Crippen molar-refractivity contribution in [2.24, 2.45) is 5.92 Å². The molecule has 1 aliphatic heterocycles. The third kappa shape index (κ3) is 3.32. The summed E-state index contributed by atoms with van der Waals surface area (Å²) >= 11 is 0. The minimum Gasteiger partial charge on any atom is -0.396 e. The lowest BCUT2D eigenvalue weighted by Crippen LogP contribution is -2.47. The van der Waals surface area contributed by atoms with Gasteiger partial charge in [0, 0.05) is 39.0 Å². The summed E-state index contributed by atoms with van der Waals surface area (Å²) in [7, 11) is -3.28. The molecule has 0 unspecified atom stereocenters. The molecule has 1 aromatic carbocycles. The molecule has 0 aromatic heterocycles. The predicted molar refractivity (Wildman–Crippen MR) is 85.3 cm³/mol. The molecule has 0 amide bonds. The quantitative estimate of drug-likeness (QED) is 0.847. The largest absolute Gasteiger partial charge is 0.396 e. The van der Waals surface area contributed by atoms with E-state index in [2.05, 4.69) is 9.80 Å². The summed E-state index contributed by atoms with van der Waals surface area (Å²) in [6, 6.07) is 5.27. The molecule has 2 fully saturated rings. The molecule has 0 bridgehead atoms. The minimum atomic E-state index is -3.28. The smallest absolute Gasteiger partial charge is 0.177 e. The van der Waals surface area contributed by atoms with E-state index in [1.165, 1.54) is 25.6 Å². The van der Waals surface area contributed by atoms with Gasteiger partial charge in [-0.2, -0.15) is 0 Å². The topological polar surface area (TPSA) is 66.6 Å². The predicted octanol–water partition coefficient (Wildman–Crippen LogP) is 1.20. The molecule has 116 valence electrons. The summed E-state index contributed by atoms with van der Waals surface area (Å²) in [5.74, 6) is 0.912. The number of nitrogens with zero attached hydrogens (tertiary/aromatic N) is 2. The van der Waals surface area contributed by atoms with Crippen LogP contribution in [0, 0.1) is 5.92 Å². The highest BCUT2D eigenvalue weighted by Crippen LogP contribution is 2.32. The van der Waals surface area contributed by atoms with E-state index < -0.39 is 9.84 Å². The minimum absolute atomic E-state index is 0.236. The van der Waals surface area contributed by atoms with Crippen LogP contribution in [0.15, 0.2) is 23.1 Å². The Morgan fingerprint density at radius 3 is 2.43 bits per heavy atom. The zero-order valence-electron chi connectivity index (χ0n) is 12.5. The van der Waals surface area contributed by atoms with Crippen LogP contribution in [0.1, 0.15) is 12.8 Å². The maximum atomic E-state index is 11.8. The van der Waals surface area contributed by atoms with Gasteiger partial charge in [0.25, 0.3) is 0 Å². The molecule has 1 saturated heterocycles. The molecule has 1 heterocycles. The van der Waals surface area contributed by atoms with Crippen molar-refractivity contribution in [2.75, 3.05) is 49.6 Å². The van der Waals surface area contributed by atoms with Crippen LogP contribution in [0.25, 0.3) is 0 Å². The summed E-state index contributed by atoms with van der Waals surface area (Å²) in [4.78, 5) is 4.94. The number of para-hydroxylation sites is 1. The average molecular weight is 309 g/mol. The number of anilines is 2. The van der Waals surface area contributed by atoms with Crippen molar-refractivity contribution in [3.8, 4) is 0 Å². The van der Waals surface area contributed by atoms with Crippen molar-refractivity contribution >= 4 is 21.2 Å². The molecular formula is C15H23N3O2S. The fraction of sp³-hybridized carbons (Fsp3) is 0.600. The van der Waals surface area contributed by atoms with E-state index >= 15 is 0 Å². The summed E-state index contributed by atoms with van der Waals surface area (Å²) in [5, 5.41) is 0. The summed E-state index contributed by atoms with van der Waals surface area (Å²) in [6.07, 6.45) is 3.96. The number of hydrogen-bond acceptors (Lipinski definition) is 5. The SMILES string of the molecule is CS(=O)(=O)c1cccc(N2CCN(CC3CC3)CC2)c1N. The van der Waals surface area contributed by atoms with Gasteiger partial charge in [0.1, 0.15) is 0 Å². The fourth-order valence-electron chi connectivity index (χ4n) is 2.97. The molecule has 1 aromatic rings. The Labute approximate surface area is 126 Å². The molecule has 5 nitrogen and oxygen atoms in total. The highest BCUT2D eigenvalue weighted by molar-refractivity contribution is 7.90. The van der Waals surface area contributed by atoms with Crippen LogP contribution in [-0.2, 0) is 9.84 Å². The van der Waals surface area contributed by atoms with Gasteiger partial charge >= 0.3 is 0 Å². The number of sulfone groups is 1. The Balaban J connectivity index is 1.73. The lowest BCUT2D eigenvalue weighted by molar-refractivity contribution is 0.248. The van der Waals surface area contributed by atoms with Crippen LogP contribution in [0.3, 0.4) is 0 Å². The maximum Gasteiger partial charge on any atom is 0.177 e. The molecule has 3 rings (SSSR count). The Morgan fingerprint density at radius 2 is 1.86 bits per heavy atom. The summed E-state index contributed by atoms with van der Waals surface area (Å²) < 4.78 is 23.5. The van der Waals surface area contributed by atoms with Crippen molar-refractivity contribution in [1.29, 1.82) is 0 Å². The third-order valence-electron chi connectivity index (χ3n) is 4.37. The first-order valence-electron chi connectivity index (χ1n) is 7.51. The normalized spacial score (nSPS) is 20.7. The highest BCUT2D eigenvalue weighted by atomic mass is 32.2. The standard InChI is InChI=1S/C15H23N3O2S/c1-21(19,20)14-4-2-3-13(15(14)16)18-9-7-17(8-10-18)11-12-5-6-12/h2-4,12H,5-11,16H2,1H3. The van der Waals surface area contributed by atoms with Crippen molar-refractivity contribution in [3.05, 3.63) is 18.2 Å².